The molecule has 1 atom stereocenters. The monoisotopic (exact) mass is 290 g/mol. The van der Waals surface area contributed by atoms with Gasteiger partial charge in [0.25, 0.3) is 0 Å². The van der Waals surface area contributed by atoms with Gasteiger partial charge in [0, 0.05) is 6.04 Å². The fourth-order valence-corrected chi connectivity index (χ4v) is 3.48. The summed E-state index contributed by atoms with van der Waals surface area (Å²) in [4.78, 5) is 2.68. The van der Waals surface area contributed by atoms with Crippen LogP contribution in [0.1, 0.15) is 43.7 Å². The Morgan fingerprint density at radius 1 is 1.29 bits per heavy atom. The van der Waals surface area contributed by atoms with E-state index < -0.39 is 0 Å². The summed E-state index contributed by atoms with van der Waals surface area (Å²) in [6.45, 7) is 5.48. The van der Waals surface area contributed by atoms with Crippen molar-refractivity contribution in [3.05, 3.63) is 29.3 Å². The van der Waals surface area contributed by atoms with E-state index in [2.05, 4.69) is 30.0 Å². The van der Waals surface area contributed by atoms with Gasteiger partial charge < -0.3 is 15.4 Å². The fourth-order valence-electron chi connectivity index (χ4n) is 3.48. The van der Waals surface area contributed by atoms with Gasteiger partial charge in [-0.15, -0.1) is 0 Å². The van der Waals surface area contributed by atoms with E-state index >= 15 is 0 Å². The van der Waals surface area contributed by atoms with E-state index in [9.17, 15) is 0 Å². The van der Waals surface area contributed by atoms with E-state index in [0.29, 0.717) is 6.04 Å². The van der Waals surface area contributed by atoms with Crippen LogP contribution in [0.25, 0.3) is 0 Å². The van der Waals surface area contributed by atoms with Gasteiger partial charge in [-0.2, -0.15) is 0 Å². The first-order chi connectivity index (χ1) is 10.3. The molecule has 0 amide bonds. The summed E-state index contributed by atoms with van der Waals surface area (Å²) >= 11 is 0. The zero-order chi connectivity index (χ0) is 15.1. The molecule has 3 heteroatoms. The van der Waals surface area contributed by atoms with Crippen LogP contribution in [0.5, 0.6) is 5.75 Å². The number of hydrogen-bond acceptors (Lipinski definition) is 3. The summed E-state index contributed by atoms with van der Waals surface area (Å²) in [7, 11) is 1.78. The maximum Gasteiger partial charge on any atom is 0.122 e. The Kier molecular flexibility index (Phi) is 6.52. The van der Waals surface area contributed by atoms with E-state index in [1.54, 1.807) is 7.11 Å². The molecule has 0 radical (unpaired) electrons. The number of methoxy groups -OCH3 is 1. The van der Waals surface area contributed by atoms with Gasteiger partial charge >= 0.3 is 0 Å². The zero-order valence-electron chi connectivity index (χ0n) is 13.6. The first kappa shape index (κ1) is 16.3. The third-order valence-corrected chi connectivity index (χ3v) is 4.56. The number of nitrogens with zero attached hydrogens (tertiary/aromatic N) is 1. The molecule has 2 N–H and O–H groups in total. The van der Waals surface area contributed by atoms with Gasteiger partial charge in [0.15, 0.2) is 0 Å². The Morgan fingerprint density at radius 2 is 2.14 bits per heavy atom. The Hall–Kier alpha value is -1.06. The van der Waals surface area contributed by atoms with Crippen LogP contribution < -0.4 is 10.5 Å². The van der Waals surface area contributed by atoms with Crippen LogP contribution in [0.4, 0.5) is 0 Å². The van der Waals surface area contributed by atoms with Gasteiger partial charge in [-0.25, -0.2) is 0 Å². The highest BCUT2D eigenvalue weighted by Crippen LogP contribution is 2.31. The number of ether oxygens (including phenoxy) is 1. The maximum atomic E-state index is 5.63. The lowest BCUT2D eigenvalue weighted by Gasteiger charge is -2.35. The summed E-state index contributed by atoms with van der Waals surface area (Å²) in [5.41, 5.74) is 8.53. The molecule has 1 aliphatic rings. The minimum Gasteiger partial charge on any atom is -0.496 e. The minimum absolute atomic E-state index is 0.683. The van der Waals surface area contributed by atoms with Crippen molar-refractivity contribution < 1.29 is 4.74 Å². The molecule has 0 saturated carbocycles. The smallest absolute Gasteiger partial charge is 0.122 e. The van der Waals surface area contributed by atoms with Crippen molar-refractivity contribution in [3.8, 4) is 5.75 Å². The summed E-state index contributed by atoms with van der Waals surface area (Å²) < 4.78 is 5.51. The second-order valence-corrected chi connectivity index (χ2v) is 6.03. The Balaban J connectivity index is 2.03. The average molecular weight is 290 g/mol. The number of fused-ring (bicyclic) bond motifs is 1. The summed E-state index contributed by atoms with van der Waals surface area (Å²) in [6, 6.07) is 7.17. The fraction of sp³-hybridized carbons (Fsp3) is 0.667. The van der Waals surface area contributed by atoms with Crippen LogP contribution in [-0.4, -0.2) is 37.7 Å². The number of hydrogen-bond donors (Lipinski definition) is 1. The van der Waals surface area contributed by atoms with E-state index in [1.807, 2.05) is 0 Å². The van der Waals surface area contributed by atoms with Crippen molar-refractivity contribution in [2.24, 2.45) is 5.73 Å². The molecule has 0 aliphatic heterocycles. The molecule has 2 rings (SSSR count). The van der Waals surface area contributed by atoms with Crippen LogP contribution in [-0.2, 0) is 12.8 Å². The third kappa shape index (κ3) is 4.21. The van der Waals surface area contributed by atoms with Gasteiger partial charge in [0.1, 0.15) is 5.75 Å². The molecule has 21 heavy (non-hydrogen) atoms. The Bertz CT molecular complexity index is 433. The van der Waals surface area contributed by atoms with Gasteiger partial charge in [-0.05, 0) is 75.4 Å². The molecule has 1 aromatic rings. The highest BCUT2D eigenvalue weighted by atomic mass is 16.5. The van der Waals surface area contributed by atoms with Gasteiger partial charge in [-0.1, -0.05) is 19.1 Å². The highest BCUT2D eigenvalue weighted by molar-refractivity contribution is 5.42. The predicted molar refractivity (Wildman–Crippen MR) is 89.0 cm³/mol. The molecule has 0 spiro atoms. The van der Waals surface area contributed by atoms with Crippen molar-refractivity contribution in [1.29, 1.82) is 0 Å². The predicted octanol–water partition coefficient (Wildman–Crippen LogP) is 3.00. The molecule has 118 valence electrons. The summed E-state index contributed by atoms with van der Waals surface area (Å²) in [5, 5.41) is 0. The largest absolute Gasteiger partial charge is 0.496 e. The SMILES string of the molecule is CCCN(CCCCN)[C@@H]1CCc2c(cccc2OC)C1. The second kappa shape index (κ2) is 8.40. The average Bonchev–Trinajstić information content (AvgIpc) is 2.53. The molecule has 0 bridgehead atoms. The number of rotatable bonds is 8. The van der Waals surface area contributed by atoms with E-state index in [1.165, 1.54) is 43.5 Å². The van der Waals surface area contributed by atoms with Gasteiger partial charge in [0.05, 0.1) is 7.11 Å². The van der Waals surface area contributed by atoms with Crippen molar-refractivity contribution >= 4 is 0 Å². The standard InChI is InChI=1S/C18H30N2O/c1-3-12-20(13-5-4-11-19)16-9-10-17-15(14-16)7-6-8-18(17)21-2/h6-8,16H,3-5,9-14,19H2,1-2H3/t16-/m1/s1. The van der Waals surface area contributed by atoms with E-state index in [-0.39, 0.29) is 0 Å². The first-order valence-electron chi connectivity index (χ1n) is 8.39. The minimum atomic E-state index is 0.683. The molecule has 0 fully saturated rings. The van der Waals surface area contributed by atoms with Crippen LogP contribution in [0.3, 0.4) is 0 Å². The number of benzene rings is 1. The molecule has 0 heterocycles. The van der Waals surface area contributed by atoms with Crippen LogP contribution >= 0.6 is 0 Å². The van der Waals surface area contributed by atoms with Gasteiger partial charge in [0.2, 0.25) is 0 Å². The van der Waals surface area contributed by atoms with Gasteiger partial charge in [-0.3, -0.25) is 0 Å². The molecule has 0 saturated heterocycles. The lowest BCUT2D eigenvalue weighted by atomic mass is 9.86. The van der Waals surface area contributed by atoms with E-state index in [4.69, 9.17) is 10.5 Å². The lowest BCUT2D eigenvalue weighted by Crippen LogP contribution is -2.40. The highest BCUT2D eigenvalue weighted by Gasteiger charge is 2.25. The Morgan fingerprint density at radius 3 is 2.86 bits per heavy atom. The maximum absolute atomic E-state index is 5.63. The van der Waals surface area contributed by atoms with Crippen LogP contribution in [0.15, 0.2) is 18.2 Å². The molecule has 0 aromatic heterocycles. The van der Waals surface area contributed by atoms with Crippen molar-refractivity contribution in [2.75, 3.05) is 26.7 Å². The Labute approximate surface area is 129 Å². The lowest BCUT2D eigenvalue weighted by molar-refractivity contribution is 0.176. The number of unbranched alkanes of at least 4 members (excludes halogenated alkanes) is 1. The molecule has 3 nitrogen and oxygen atoms in total. The number of nitrogens with two attached hydrogens (primary N) is 1. The molecule has 1 aliphatic carbocycles. The van der Waals surface area contributed by atoms with Crippen LogP contribution in [0, 0.1) is 0 Å². The van der Waals surface area contributed by atoms with Crippen molar-refractivity contribution in [1.82, 2.24) is 4.90 Å². The summed E-state index contributed by atoms with van der Waals surface area (Å²) in [5.74, 6) is 1.07. The normalized spacial score (nSPS) is 17.8. The topological polar surface area (TPSA) is 38.5 Å². The molecular formula is C18H30N2O. The molecular weight excluding hydrogens is 260 g/mol. The quantitative estimate of drug-likeness (QED) is 0.748. The summed E-state index contributed by atoms with van der Waals surface area (Å²) in [6.07, 6.45) is 7.13. The van der Waals surface area contributed by atoms with Crippen LogP contribution in [0.2, 0.25) is 0 Å². The third-order valence-electron chi connectivity index (χ3n) is 4.56. The zero-order valence-corrected chi connectivity index (χ0v) is 13.6. The second-order valence-electron chi connectivity index (χ2n) is 6.03. The molecule has 0 unspecified atom stereocenters. The molecule has 1 aromatic carbocycles. The van der Waals surface area contributed by atoms with E-state index in [0.717, 1.165) is 31.6 Å². The first-order valence-corrected chi connectivity index (χ1v) is 8.39. The van der Waals surface area contributed by atoms with Crippen molar-refractivity contribution in [2.45, 2.75) is 51.5 Å². The van der Waals surface area contributed by atoms with Crippen molar-refractivity contribution in [3.63, 3.8) is 0 Å².